The van der Waals surface area contributed by atoms with Gasteiger partial charge in [-0.1, -0.05) is 18.2 Å². The van der Waals surface area contributed by atoms with Crippen molar-refractivity contribution in [1.29, 1.82) is 0 Å². The summed E-state index contributed by atoms with van der Waals surface area (Å²) in [7, 11) is 0. The van der Waals surface area contributed by atoms with Gasteiger partial charge in [-0.25, -0.2) is 4.98 Å². The molecule has 0 saturated carbocycles. The molecule has 0 aliphatic heterocycles. The maximum Gasteiger partial charge on any atom is 0.223 e. The van der Waals surface area contributed by atoms with Gasteiger partial charge in [0.2, 0.25) is 5.91 Å². The van der Waals surface area contributed by atoms with Crippen LogP contribution in [0, 0.1) is 6.92 Å². The van der Waals surface area contributed by atoms with Crippen molar-refractivity contribution in [3.8, 4) is 5.75 Å². The second kappa shape index (κ2) is 8.42. The highest BCUT2D eigenvalue weighted by atomic mass is 32.1. The van der Waals surface area contributed by atoms with Crippen LogP contribution in [-0.4, -0.2) is 24.0 Å². The molecule has 0 bridgehead atoms. The second-order valence-electron chi connectivity index (χ2n) is 4.75. The van der Waals surface area contributed by atoms with E-state index in [4.69, 9.17) is 4.74 Å². The minimum Gasteiger partial charge on any atom is -0.493 e. The van der Waals surface area contributed by atoms with Gasteiger partial charge < -0.3 is 10.1 Å². The van der Waals surface area contributed by atoms with Crippen LogP contribution in [0.15, 0.2) is 35.7 Å². The van der Waals surface area contributed by atoms with Crippen molar-refractivity contribution in [2.24, 2.45) is 0 Å². The summed E-state index contributed by atoms with van der Waals surface area (Å²) in [4.78, 5) is 16.0. The highest BCUT2D eigenvalue weighted by Gasteiger charge is 2.02. The monoisotopic (exact) mass is 304 g/mol. The van der Waals surface area contributed by atoms with Crippen molar-refractivity contribution in [3.05, 3.63) is 46.4 Å². The van der Waals surface area contributed by atoms with E-state index in [-0.39, 0.29) is 5.91 Å². The fourth-order valence-electron chi connectivity index (χ4n) is 1.85. The predicted octanol–water partition coefficient (Wildman–Crippen LogP) is 2.97. The molecular formula is C16H20N2O2S. The summed E-state index contributed by atoms with van der Waals surface area (Å²) in [5.41, 5.74) is 1.07. The summed E-state index contributed by atoms with van der Waals surface area (Å²) in [6, 6.07) is 9.52. The molecular weight excluding hydrogens is 284 g/mol. The number of amides is 1. The van der Waals surface area contributed by atoms with Gasteiger partial charge in [0.1, 0.15) is 5.75 Å². The smallest absolute Gasteiger partial charge is 0.223 e. The molecule has 21 heavy (non-hydrogen) atoms. The lowest BCUT2D eigenvalue weighted by Crippen LogP contribution is -2.26. The van der Waals surface area contributed by atoms with E-state index in [0.29, 0.717) is 19.6 Å². The van der Waals surface area contributed by atoms with Crippen LogP contribution in [0.3, 0.4) is 0 Å². The van der Waals surface area contributed by atoms with Crippen LogP contribution >= 0.6 is 11.3 Å². The SMILES string of the molecule is Cc1csc(CCCNC(=O)CCOc2ccccc2)n1. The number of ether oxygens (including phenoxy) is 1. The minimum absolute atomic E-state index is 0.0289. The second-order valence-corrected chi connectivity index (χ2v) is 5.69. The van der Waals surface area contributed by atoms with Gasteiger partial charge in [-0.3, -0.25) is 4.79 Å². The molecule has 0 fully saturated rings. The third kappa shape index (κ3) is 5.95. The van der Waals surface area contributed by atoms with Gasteiger partial charge in [-0.2, -0.15) is 0 Å². The maximum absolute atomic E-state index is 11.6. The van der Waals surface area contributed by atoms with Crippen molar-refractivity contribution in [1.82, 2.24) is 10.3 Å². The molecule has 0 aliphatic carbocycles. The van der Waals surface area contributed by atoms with Crippen LogP contribution < -0.4 is 10.1 Å². The summed E-state index contributed by atoms with van der Waals surface area (Å²) >= 11 is 1.68. The van der Waals surface area contributed by atoms with E-state index < -0.39 is 0 Å². The van der Waals surface area contributed by atoms with E-state index in [0.717, 1.165) is 29.3 Å². The lowest BCUT2D eigenvalue weighted by Gasteiger charge is -2.06. The third-order valence-corrected chi connectivity index (χ3v) is 3.92. The molecule has 112 valence electrons. The average molecular weight is 304 g/mol. The molecule has 0 atom stereocenters. The number of aryl methyl sites for hydroxylation is 2. The van der Waals surface area contributed by atoms with Crippen LogP contribution in [-0.2, 0) is 11.2 Å². The fraction of sp³-hybridized carbons (Fsp3) is 0.375. The van der Waals surface area contributed by atoms with Gasteiger partial charge in [0.05, 0.1) is 18.0 Å². The van der Waals surface area contributed by atoms with Crippen LogP contribution in [0.25, 0.3) is 0 Å². The van der Waals surface area contributed by atoms with Gasteiger partial charge in [-0.05, 0) is 25.5 Å². The van der Waals surface area contributed by atoms with Crippen molar-refractivity contribution < 1.29 is 9.53 Å². The van der Waals surface area contributed by atoms with Crippen molar-refractivity contribution in [3.63, 3.8) is 0 Å². The van der Waals surface area contributed by atoms with Gasteiger partial charge in [0.15, 0.2) is 0 Å². The first-order chi connectivity index (χ1) is 10.2. The lowest BCUT2D eigenvalue weighted by atomic mass is 10.3. The molecule has 0 unspecified atom stereocenters. The molecule has 0 radical (unpaired) electrons. The molecule has 5 heteroatoms. The molecule has 1 heterocycles. The van der Waals surface area contributed by atoms with E-state index in [9.17, 15) is 4.79 Å². The summed E-state index contributed by atoms with van der Waals surface area (Å²) in [5, 5.41) is 6.09. The van der Waals surface area contributed by atoms with Gasteiger partial charge in [-0.15, -0.1) is 11.3 Å². The fourth-order valence-corrected chi connectivity index (χ4v) is 2.67. The summed E-state index contributed by atoms with van der Waals surface area (Å²) in [6.07, 6.45) is 2.21. The van der Waals surface area contributed by atoms with Crippen molar-refractivity contribution >= 4 is 17.2 Å². The molecule has 1 amide bonds. The number of thiazole rings is 1. The zero-order valence-corrected chi connectivity index (χ0v) is 13.0. The molecule has 1 aromatic carbocycles. The number of carbonyl (C=O) groups excluding carboxylic acids is 1. The Kier molecular flexibility index (Phi) is 6.22. The van der Waals surface area contributed by atoms with Crippen LogP contribution in [0.1, 0.15) is 23.5 Å². The Balaban J connectivity index is 1.53. The Morgan fingerprint density at radius 1 is 1.33 bits per heavy atom. The number of benzene rings is 1. The molecule has 2 aromatic rings. The Morgan fingerprint density at radius 2 is 2.14 bits per heavy atom. The van der Waals surface area contributed by atoms with Crippen LogP contribution in [0.5, 0.6) is 5.75 Å². The summed E-state index contributed by atoms with van der Waals surface area (Å²) in [5.74, 6) is 0.825. The molecule has 2 rings (SSSR count). The van der Waals surface area contributed by atoms with Gasteiger partial charge in [0.25, 0.3) is 0 Å². The zero-order chi connectivity index (χ0) is 14.9. The number of carbonyl (C=O) groups is 1. The molecule has 1 N–H and O–H groups in total. The number of para-hydroxylation sites is 1. The molecule has 4 nitrogen and oxygen atoms in total. The average Bonchev–Trinajstić information content (AvgIpc) is 2.90. The van der Waals surface area contributed by atoms with Crippen LogP contribution in [0.2, 0.25) is 0 Å². The standard InChI is InChI=1S/C16H20N2O2S/c1-13-12-21-16(18-13)8-5-10-17-15(19)9-11-20-14-6-3-2-4-7-14/h2-4,6-7,12H,5,8-11H2,1H3,(H,17,19). The van der Waals surface area contributed by atoms with Crippen molar-refractivity contribution in [2.45, 2.75) is 26.2 Å². The van der Waals surface area contributed by atoms with Crippen LogP contribution in [0.4, 0.5) is 0 Å². The first-order valence-corrected chi connectivity index (χ1v) is 7.97. The Labute approximate surface area is 129 Å². The quantitative estimate of drug-likeness (QED) is 0.763. The first kappa shape index (κ1) is 15.5. The van der Waals surface area contributed by atoms with Gasteiger partial charge in [0, 0.05) is 24.0 Å². The highest BCUT2D eigenvalue weighted by molar-refractivity contribution is 7.09. The topological polar surface area (TPSA) is 51.2 Å². The zero-order valence-electron chi connectivity index (χ0n) is 12.2. The normalized spacial score (nSPS) is 10.3. The Bertz CT molecular complexity index is 554. The summed E-state index contributed by atoms with van der Waals surface area (Å²) < 4.78 is 5.49. The largest absolute Gasteiger partial charge is 0.493 e. The minimum atomic E-state index is 0.0289. The Hall–Kier alpha value is -1.88. The number of nitrogens with one attached hydrogen (secondary N) is 1. The van der Waals surface area contributed by atoms with Gasteiger partial charge >= 0.3 is 0 Å². The number of hydrogen-bond donors (Lipinski definition) is 1. The molecule has 0 spiro atoms. The number of nitrogens with zero attached hydrogens (tertiary/aromatic N) is 1. The molecule has 1 aromatic heterocycles. The van der Waals surface area contributed by atoms with Crippen molar-refractivity contribution in [2.75, 3.05) is 13.2 Å². The van der Waals surface area contributed by atoms with E-state index in [1.54, 1.807) is 11.3 Å². The predicted molar refractivity (Wildman–Crippen MR) is 84.7 cm³/mol. The number of aromatic nitrogens is 1. The lowest BCUT2D eigenvalue weighted by molar-refractivity contribution is -0.121. The van der Waals surface area contributed by atoms with E-state index >= 15 is 0 Å². The van der Waals surface area contributed by atoms with E-state index in [1.165, 1.54) is 0 Å². The highest BCUT2D eigenvalue weighted by Crippen LogP contribution is 2.10. The third-order valence-electron chi connectivity index (χ3n) is 2.90. The Morgan fingerprint density at radius 3 is 2.86 bits per heavy atom. The van der Waals surface area contributed by atoms with E-state index in [2.05, 4.69) is 15.7 Å². The number of hydrogen-bond acceptors (Lipinski definition) is 4. The maximum atomic E-state index is 11.6. The van der Waals surface area contributed by atoms with E-state index in [1.807, 2.05) is 37.3 Å². The first-order valence-electron chi connectivity index (χ1n) is 7.09. The molecule has 0 aliphatic rings. The number of rotatable bonds is 8. The molecule has 0 saturated heterocycles. The summed E-state index contributed by atoms with van der Waals surface area (Å²) in [6.45, 7) is 3.08.